The van der Waals surface area contributed by atoms with Gasteiger partial charge < -0.3 is 24.9 Å². The summed E-state index contributed by atoms with van der Waals surface area (Å²) in [7, 11) is -7.51. The molecule has 2 atom stereocenters. The number of rotatable bonds is 9. The molecule has 0 saturated carbocycles. The van der Waals surface area contributed by atoms with Gasteiger partial charge in [0.1, 0.15) is 29.0 Å². The van der Waals surface area contributed by atoms with E-state index < -0.39 is 31.8 Å². The number of pyridine rings is 1. The molecule has 14 heteroatoms. The van der Waals surface area contributed by atoms with Gasteiger partial charge in [-0.1, -0.05) is 6.07 Å². The molecular weight excluding hydrogens is 546 g/mol. The number of nitrogens with zero attached hydrogens (tertiary/aromatic N) is 2. The SMILES string of the molecule is Cc1c[nH]c2ncc(S(=O)(=O)N3CCC4(CC3)CC(NCC(O)COc3cccc(S(N)(=O)=O)c3)CO4)cc12. The maximum absolute atomic E-state index is 13.3. The van der Waals surface area contributed by atoms with Gasteiger partial charge in [0.05, 0.1) is 17.1 Å². The number of aromatic amines is 1. The Morgan fingerprint density at radius 1 is 1.26 bits per heavy atom. The number of aryl methyl sites for hydroxylation is 1. The quantitative estimate of drug-likeness (QED) is 0.286. The molecule has 0 aliphatic carbocycles. The van der Waals surface area contributed by atoms with Crippen LogP contribution in [0.25, 0.3) is 11.0 Å². The van der Waals surface area contributed by atoms with E-state index in [2.05, 4.69) is 15.3 Å². The van der Waals surface area contributed by atoms with E-state index >= 15 is 0 Å². The molecule has 2 saturated heterocycles. The molecule has 2 aliphatic rings. The highest BCUT2D eigenvalue weighted by molar-refractivity contribution is 7.89. The Balaban J connectivity index is 1.10. The van der Waals surface area contributed by atoms with Crippen LogP contribution in [0.4, 0.5) is 0 Å². The Labute approximate surface area is 227 Å². The first-order valence-corrected chi connectivity index (χ1v) is 15.7. The van der Waals surface area contributed by atoms with Crippen LogP contribution >= 0.6 is 0 Å². The van der Waals surface area contributed by atoms with E-state index in [1.54, 1.807) is 12.1 Å². The number of fused-ring (bicyclic) bond motifs is 1. The smallest absolute Gasteiger partial charge is 0.244 e. The second-order valence-electron chi connectivity index (χ2n) is 10.2. The molecule has 5 rings (SSSR count). The van der Waals surface area contributed by atoms with E-state index in [9.17, 15) is 21.9 Å². The third kappa shape index (κ3) is 6.11. The lowest BCUT2D eigenvalue weighted by molar-refractivity contribution is -0.0312. The van der Waals surface area contributed by atoms with Crippen molar-refractivity contribution in [2.45, 2.75) is 53.7 Å². The van der Waals surface area contributed by atoms with Gasteiger partial charge in [0.25, 0.3) is 0 Å². The van der Waals surface area contributed by atoms with Crippen molar-refractivity contribution in [1.82, 2.24) is 19.6 Å². The molecule has 1 aromatic carbocycles. The molecule has 1 spiro atoms. The number of piperidine rings is 1. The Morgan fingerprint density at radius 3 is 2.77 bits per heavy atom. The molecule has 4 heterocycles. The summed E-state index contributed by atoms with van der Waals surface area (Å²) < 4.78 is 62.7. The molecule has 212 valence electrons. The second-order valence-corrected chi connectivity index (χ2v) is 13.7. The zero-order valence-corrected chi connectivity index (χ0v) is 23.2. The zero-order valence-electron chi connectivity index (χ0n) is 21.5. The number of benzene rings is 1. The number of H-pyrrole nitrogens is 1. The summed E-state index contributed by atoms with van der Waals surface area (Å²) >= 11 is 0. The van der Waals surface area contributed by atoms with Crippen LogP contribution in [-0.2, 0) is 24.8 Å². The van der Waals surface area contributed by atoms with Crippen LogP contribution in [0.3, 0.4) is 0 Å². The average Bonchev–Trinajstić information content (AvgIpc) is 3.49. The fraction of sp³-hybridized carbons (Fsp3) is 0.480. The van der Waals surface area contributed by atoms with Gasteiger partial charge in [-0.15, -0.1) is 0 Å². The highest BCUT2D eigenvalue weighted by Gasteiger charge is 2.44. The molecule has 3 aromatic rings. The Bertz CT molecular complexity index is 1550. The summed E-state index contributed by atoms with van der Waals surface area (Å²) in [5.74, 6) is 0.296. The first-order chi connectivity index (χ1) is 18.5. The number of aliphatic hydroxyl groups excluding tert-OH is 1. The zero-order chi connectivity index (χ0) is 27.8. The van der Waals surface area contributed by atoms with Crippen molar-refractivity contribution < 1.29 is 31.4 Å². The van der Waals surface area contributed by atoms with Gasteiger partial charge >= 0.3 is 0 Å². The van der Waals surface area contributed by atoms with Gasteiger partial charge in [-0.05, 0) is 49.9 Å². The van der Waals surface area contributed by atoms with Gasteiger partial charge in [0, 0.05) is 49.5 Å². The van der Waals surface area contributed by atoms with E-state index in [0.717, 1.165) is 10.9 Å². The summed E-state index contributed by atoms with van der Waals surface area (Å²) in [6.45, 7) is 3.30. The van der Waals surface area contributed by atoms with E-state index in [1.165, 1.54) is 28.7 Å². The number of primary sulfonamides is 1. The van der Waals surface area contributed by atoms with Gasteiger partial charge in [-0.25, -0.2) is 27.0 Å². The molecule has 2 unspecified atom stereocenters. The predicted molar refractivity (Wildman–Crippen MR) is 143 cm³/mol. The number of nitrogens with two attached hydrogens (primary N) is 1. The number of aliphatic hydroxyl groups is 1. The van der Waals surface area contributed by atoms with Crippen LogP contribution < -0.4 is 15.2 Å². The third-order valence-electron chi connectivity index (χ3n) is 7.41. The fourth-order valence-electron chi connectivity index (χ4n) is 5.16. The number of hydrogen-bond donors (Lipinski definition) is 4. The third-order valence-corrected chi connectivity index (χ3v) is 10.2. The summed E-state index contributed by atoms with van der Waals surface area (Å²) in [5, 5.41) is 19.6. The first-order valence-electron chi connectivity index (χ1n) is 12.7. The molecule has 39 heavy (non-hydrogen) atoms. The molecular formula is C25H33N5O7S2. The van der Waals surface area contributed by atoms with E-state index in [0.29, 0.717) is 50.4 Å². The molecule has 2 aliphatic heterocycles. The van der Waals surface area contributed by atoms with Crippen LogP contribution in [0.2, 0.25) is 0 Å². The normalized spacial score (nSPS) is 20.9. The first kappa shape index (κ1) is 28.0. The summed E-state index contributed by atoms with van der Waals surface area (Å²) in [5.41, 5.74) is 1.20. The largest absolute Gasteiger partial charge is 0.491 e. The lowest BCUT2D eigenvalue weighted by Gasteiger charge is -2.38. The second kappa shape index (κ2) is 10.8. The Morgan fingerprint density at radius 2 is 2.03 bits per heavy atom. The van der Waals surface area contributed by atoms with Crippen molar-refractivity contribution in [2.75, 3.05) is 32.8 Å². The minimum Gasteiger partial charge on any atom is -0.491 e. The topological polar surface area (TPSA) is 177 Å². The monoisotopic (exact) mass is 579 g/mol. The molecule has 0 bridgehead atoms. The van der Waals surface area contributed by atoms with Crippen LogP contribution in [0.5, 0.6) is 5.75 Å². The van der Waals surface area contributed by atoms with Crippen LogP contribution in [0.15, 0.2) is 52.5 Å². The Kier molecular flexibility index (Phi) is 7.72. The molecule has 2 aromatic heterocycles. The predicted octanol–water partition coefficient (Wildman–Crippen LogP) is 0.860. The average molecular weight is 580 g/mol. The lowest BCUT2D eigenvalue weighted by Crippen LogP contribution is -2.47. The summed E-state index contributed by atoms with van der Waals surface area (Å²) in [4.78, 5) is 7.43. The number of hydrogen-bond acceptors (Lipinski definition) is 9. The standard InChI is InChI=1S/C25H33N5O7S2/c1-17-12-28-24-23(17)10-22(14-29-24)39(34,35)30-7-5-25(6-8-30)11-18(15-37-25)27-13-19(31)16-36-20-3-2-4-21(9-20)38(26,32)33/h2-4,9-10,12,14,18-19,27,31H,5-8,11,13,15-16H2,1H3,(H,28,29)(H2,26,32,33). The van der Waals surface area contributed by atoms with E-state index in [-0.39, 0.29) is 29.0 Å². The van der Waals surface area contributed by atoms with Crippen LogP contribution in [-0.4, -0.2) is 86.8 Å². The summed E-state index contributed by atoms with van der Waals surface area (Å²) in [6.07, 6.45) is 4.24. The Hall–Kier alpha value is -2.59. The highest BCUT2D eigenvalue weighted by Crippen LogP contribution is 2.37. The lowest BCUT2D eigenvalue weighted by atomic mass is 9.88. The molecule has 5 N–H and O–H groups in total. The van der Waals surface area contributed by atoms with Crippen LogP contribution in [0.1, 0.15) is 24.8 Å². The number of nitrogens with one attached hydrogen (secondary N) is 2. The maximum atomic E-state index is 13.3. The van der Waals surface area contributed by atoms with Crippen LogP contribution in [0, 0.1) is 6.92 Å². The van der Waals surface area contributed by atoms with Crippen molar-refractivity contribution in [3.63, 3.8) is 0 Å². The number of sulfonamides is 2. The minimum absolute atomic E-state index is 0.0108. The molecule has 12 nitrogen and oxygen atoms in total. The molecule has 0 radical (unpaired) electrons. The van der Waals surface area contributed by atoms with Crippen molar-refractivity contribution in [1.29, 1.82) is 0 Å². The van der Waals surface area contributed by atoms with Crippen molar-refractivity contribution in [3.8, 4) is 5.75 Å². The summed E-state index contributed by atoms with van der Waals surface area (Å²) in [6, 6.07) is 7.47. The van der Waals surface area contributed by atoms with Gasteiger partial charge in [0.15, 0.2) is 0 Å². The number of ether oxygens (including phenoxy) is 2. The molecule has 0 amide bonds. The minimum atomic E-state index is -3.84. The van der Waals surface area contributed by atoms with Crippen molar-refractivity contribution >= 4 is 31.1 Å². The maximum Gasteiger partial charge on any atom is 0.244 e. The van der Waals surface area contributed by atoms with Gasteiger partial charge in [-0.3, -0.25) is 0 Å². The van der Waals surface area contributed by atoms with Gasteiger partial charge in [-0.2, -0.15) is 4.31 Å². The number of aromatic nitrogens is 2. The molecule has 2 fully saturated rings. The highest BCUT2D eigenvalue weighted by atomic mass is 32.2. The van der Waals surface area contributed by atoms with Gasteiger partial charge in [0.2, 0.25) is 20.0 Å². The van der Waals surface area contributed by atoms with E-state index in [4.69, 9.17) is 14.6 Å². The fourth-order valence-corrected chi connectivity index (χ4v) is 7.12. The van der Waals surface area contributed by atoms with Crippen molar-refractivity contribution in [3.05, 3.63) is 48.3 Å². The van der Waals surface area contributed by atoms with E-state index in [1.807, 2.05) is 13.1 Å². The van der Waals surface area contributed by atoms with Crippen molar-refractivity contribution in [2.24, 2.45) is 5.14 Å².